The molecule has 0 saturated carbocycles. The van der Waals surface area contributed by atoms with E-state index in [9.17, 15) is 9.90 Å². The largest absolute Gasteiger partial charge is 0.496 e. The number of methoxy groups -OCH3 is 1. The third-order valence-electron chi connectivity index (χ3n) is 2.85. The molecule has 0 heterocycles. The Morgan fingerprint density at radius 3 is 2.39 bits per heavy atom. The zero-order chi connectivity index (χ0) is 13.9. The van der Waals surface area contributed by atoms with Gasteiger partial charge in [-0.15, -0.1) is 0 Å². The van der Waals surface area contributed by atoms with Crippen LogP contribution in [0, 0.1) is 0 Å². The van der Waals surface area contributed by atoms with Crippen molar-refractivity contribution in [3.63, 3.8) is 0 Å². The molecule has 0 amide bonds. The molecule has 1 rings (SSSR count). The van der Waals surface area contributed by atoms with Gasteiger partial charge < -0.3 is 15.6 Å². The second-order valence-electron chi connectivity index (χ2n) is 4.40. The maximum atomic E-state index is 11.2. The molecule has 3 N–H and O–H groups in total. The Morgan fingerprint density at radius 2 is 2.00 bits per heavy atom. The molecule has 0 bridgehead atoms. The molecule has 18 heavy (non-hydrogen) atoms. The first-order valence-electron chi connectivity index (χ1n) is 5.72. The Kier molecular flexibility index (Phi) is 4.99. The molecule has 5 heteroatoms. The van der Waals surface area contributed by atoms with Gasteiger partial charge >= 0.3 is 5.97 Å². The van der Waals surface area contributed by atoms with Gasteiger partial charge in [-0.2, -0.15) is 0 Å². The first-order valence-corrected chi connectivity index (χ1v) is 6.10. The van der Waals surface area contributed by atoms with E-state index in [1.54, 1.807) is 12.1 Å². The van der Waals surface area contributed by atoms with Gasteiger partial charge in [0.1, 0.15) is 5.75 Å². The third kappa shape index (κ3) is 2.94. The van der Waals surface area contributed by atoms with Crippen molar-refractivity contribution in [1.82, 2.24) is 0 Å². The number of benzene rings is 1. The summed E-state index contributed by atoms with van der Waals surface area (Å²) in [6, 6.07) is 3.40. The number of rotatable bonds is 5. The quantitative estimate of drug-likeness (QED) is 0.863. The molecule has 1 aromatic carbocycles. The molecule has 0 radical (unpaired) electrons. The second kappa shape index (κ2) is 6.07. The minimum atomic E-state index is -0.979. The van der Waals surface area contributed by atoms with Crippen LogP contribution < -0.4 is 10.5 Å². The lowest BCUT2D eigenvalue weighted by Gasteiger charge is -2.20. The molecular weight excluding hydrogens is 254 g/mol. The number of hydrogen-bond donors (Lipinski definition) is 2. The Bertz CT molecular complexity index is 446. The fourth-order valence-electron chi connectivity index (χ4n) is 1.92. The number of carboxylic acid groups (broad SMARTS) is 1. The average Bonchev–Trinajstić information content (AvgIpc) is 2.28. The zero-order valence-corrected chi connectivity index (χ0v) is 11.5. The predicted molar refractivity (Wildman–Crippen MR) is 71.5 cm³/mol. The minimum absolute atomic E-state index is 0.00354. The number of aliphatic carboxylic acids is 1. The van der Waals surface area contributed by atoms with Crippen LogP contribution in [0.2, 0.25) is 5.02 Å². The standard InChI is InChI=1S/C13H18ClNO3/c1-7(2)9-4-8(14)5-10(12(9)18-3)11(6-15)13(16)17/h4-5,7,11H,6,15H2,1-3H3,(H,16,17). The van der Waals surface area contributed by atoms with E-state index in [1.807, 2.05) is 13.8 Å². The molecule has 0 spiro atoms. The molecule has 1 atom stereocenters. The molecule has 0 aliphatic heterocycles. The maximum Gasteiger partial charge on any atom is 0.312 e. The summed E-state index contributed by atoms with van der Waals surface area (Å²) in [5, 5.41) is 9.68. The van der Waals surface area contributed by atoms with Crippen molar-refractivity contribution < 1.29 is 14.6 Å². The van der Waals surface area contributed by atoms with E-state index < -0.39 is 11.9 Å². The van der Waals surface area contributed by atoms with Crippen molar-refractivity contribution in [1.29, 1.82) is 0 Å². The fourth-order valence-corrected chi connectivity index (χ4v) is 2.16. The van der Waals surface area contributed by atoms with Crippen molar-refractivity contribution >= 4 is 17.6 Å². The highest BCUT2D eigenvalue weighted by molar-refractivity contribution is 6.30. The molecule has 0 aliphatic rings. The van der Waals surface area contributed by atoms with E-state index in [-0.39, 0.29) is 12.5 Å². The lowest BCUT2D eigenvalue weighted by molar-refractivity contribution is -0.138. The highest BCUT2D eigenvalue weighted by Crippen LogP contribution is 2.37. The average molecular weight is 272 g/mol. The summed E-state index contributed by atoms with van der Waals surface area (Å²) in [5.41, 5.74) is 6.95. The van der Waals surface area contributed by atoms with Crippen molar-refractivity contribution in [2.45, 2.75) is 25.7 Å². The van der Waals surface area contributed by atoms with Crippen molar-refractivity contribution in [3.8, 4) is 5.75 Å². The lowest BCUT2D eigenvalue weighted by atomic mass is 9.92. The Balaban J connectivity index is 3.46. The zero-order valence-electron chi connectivity index (χ0n) is 10.7. The summed E-state index contributed by atoms with van der Waals surface area (Å²) in [4.78, 5) is 11.2. The van der Waals surface area contributed by atoms with Crippen LogP contribution >= 0.6 is 11.6 Å². The van der Waals surface area contributed by atoms with Crippen molar-refractivity contribution in [3.05, 3.63) is 28.3 Å². The van der Waals surface area contributed by atoms with E-state index in [2.05, 4.69) is 0 Å². The number of halogens is 1. The van der Waals surface area contributed by atoms with Gasteiger partial charge in [-0.25, -0.2) is 0 Å². The van der Waals surface area contributed by atoms with Crippen LogP contribution in [-0.2, 0) is 4.79 Å². The second-order valence-corrected chi connectivity index (χ2v) is 4.84. The van der Waals surface area contributed by atoms with Crippen LogP contribution in [0.25, 0.3) is 0 Å². The first-order chi connectivity index (χ1) is 8.42. The van der Waals surface area contributed by atoms with E-state index in [0.717, 1.165) is 5.56 Å². The third-order valence-corrected chi connectivity index (χ3v) is 3.06. The fraction of sp³-hybridized carbons (Fsp3) is 0.462. The summed E-state index contributed by atoms with van der Waals surface area (Å²) < 4.78 is 5.35. The normalized spacial score (nSPS) is 12.6. The van der Waals surface area contributed by atoms with Crippen LogP contribution in [0.5, 0.6) is 5.75 Å². The summed E-state index contributed by atoms with van der Waals surface area (Å²) in [6.07, 6.45) is 0. The van der Waals surface area contributed by atoms with E-state index >= 15 is 0 Å². The molecule has 4 nitrogen and oxygen atoms in total. The van der Waals surface area contributed by atoms with Crippen LogP contribution in [0.1, 0.15) is 36.8 Å². The summed E-state index contributed by atoms with van der Waals surface area (Å²) in [6.45, 7) is 4.00. The number of ether oxygens (including phenoxy) is 1. The summed E-state index contributed by atoms with van der Waals surface area (Å²) in [5.74, 6) is -1.04. The molecule has 100 valence electrons. The van der Waals surface area contributed by atoms with Gasteiger partial charge in [-0.05, 0) is 23.6 Å². The van der Waals surface area contributed by atoms with E-state index in [1.165, 1.54) is 7.11 Å². The number of carbonyl (C=O) groups is 1. The van der Waals surface area contributed by atoms with Gasteiger partial charge in [0.15, 0.2) is 0 Å². The van der Waals surface area contributed by atoms with Gasteiger partial charge in [0.2, 0.25) is 0 Å². The summed E-state index contributed by atoms with van der Waals surface area (Å²) >= 11 is 6.04. The lowest BCUT2D eigenvalue weighted by Crippen LogP contribution is -2.22. The van der Waals surface area contributed by atoms with Gasteiger partial charge in [0.05, 0.1) is 13.0 Å². The highest BCUT2D eigenvalue weighted by atomic mass is 35.5. The Labute approximate surface area is 112 Å². The highest BCUT2D eigenvalue weighted by Gasteiger charge is 2.25. The smallest absolute Gasteiger partial charge is 0.312 e. The SMILES string of the molecule is COc1c(C(C)C)cc(Cl)cc1C(CN)C(=O)O. The van der Waals surface area contributed by atoms with Crippen LogP contribution in [-0.4, -0.2) is 24.7 Å². The topological polar surface area (TPSA) is 72.5 Å². The van der Waals surface area contributed by atoms with Crippen LogP contribution in [0.4, 0.5) is 0 Å². The van der Waals surface area contributed by atoms with Gasteiger partial charge in [-0.3, -0.25) is 4.79 Å². The van der Waals surface area contributed by atoms with Gasteiger partial charge in [0, 0.05) is 17.1 Å². The molecular formula is C13H18ClNO3. The molecule has 1 unspecified atom stereocenters. The van der Waals surface area contributed by atoms with Gasteiger partial charge in [-0.1, -0.05) is 25.4 Å². The minimum Gasteiger partial charge on any atom is -0.496 e. The van der Waals surface area contributed by atoms with Crippen LogP contribution in [0.15, 0.2) is 12.1 Å². The molecule has 1 aromatic rings. The molecule has 0 saturated heterocycles. The molecule has 0 aromatic heterocycles. The number of hydrogen-bond acceptors (Lipinski definition) is 3. The monoisotopic (exact) mass is 271 g/mol. The Hall–Kier alpha value is -1.26. The van der Waals surface area contributed by atoms with Crippen molar-refractivity contribution in [2.75, 3.05) is 13.7 Å². The predicted octanol–water partition coefficient (Wildman–Crippen LogP) is 2.60. The summed E-state index contributed by atoms with van der Waals surface area (Å²) in [7, 11) is 1.52. The van der Waals surface area contributed by atoms with E-state index in [0.29, 0.717) is 16.3 Å². The molecule has 0 fully saturated rings. The van der Waals surface area contributed by atoms with Crippen LogP contribution in [0.3, 0.4) is 0 Å². The number of carboxylic acids is 1. The molecule has 0 aliphatic carbocycles. The maximum absolute atomic E-state index is 11.2. The van der Waals surface area contributed by atoms with Gasteiger partial charge in [0.25, 0.3) is 0 Å². The van der Waals surface area contributed by atoms with E-state index in [4.69, 9.17) is 22.1 Å². The Morgan fingerprint density at radius 1 is 1.44 bits per heavy atom. The van der Waals surface area contributed by atoms with Crippen molar-refractivity contribution in [2.24, 2.45) is 5.73 Å². The first kappa shape index (κ1) is 14.8. The number of nitrogens with two attached hydrogens (primary N) is 1.